The Bertz CT molecular complexity index is 946. The van der Waals surface area contributed by atoms with Gasteiger partial charge in [-0.2, -0.15) is 0 Å². The molecule has 0 bridgehead atoms. The van der Waals surface area contributed by atoms with E-state index in [1.54, 1.807) is 5.56 Å². The zero-order valence-corrected chi connectivity index (χ0v) is 15.9. The maximum atomic E-state index is 2.48. The average Bonchev–Trinajstić information content (AvgIpc) is 3.12. The van der Waals surface area contributed by atoms with Gasteiger partial charge in [0.15, 0.2) is 6.20 Å². The molecule has 0 aliphatic heterocycles. The third kappa shape index (κ3) is 2.86. The monoisotopic (exact) mass is 330 g/mol. The fourth-order valence-electron chi connectivity index (χ4n) is 4.46. The minimum absolute atomic E-state index is 0.751. The highest BCUT2D eigenvalue weighted by Crippen LogP contribution is 2.38. The molecule has 0 unspecified atom stereocenters. The topological polar surface area (TPSA) is 3.88 Å². The molecule has 1 fully saturated rings. The van der Waals surface area contributed by atoms with E-state index in [0.717, 1.165) is 5.92 Å². The summed E-state index contributed by atoms with van der Waals surface area (Å²) < 4.78 is 2.29. The molecule has 0 amide bonds. The van der Waals surface area contributed by atoms with Crippen LogP contribution in [0.1, 0.15) is 53.9 Å². The summed E-state index contributed by atoms with van der Waals surface area (Å²) in [6, 6.07) is 14.0. The minimum atomic E-state index is 0.751. The van der Waals surface area contributed by atoms with Gasteiger partial charge in [-0.15, -0.1) is 0 Å². The van der Waals surface area contributed by atoms with Crippen molar-refractivity contribution in [3.8, 4) is 11.3 Å². The van der Waals surface area contributed by atoms with Gasteiger partial charge in [0.1, 0.15) is 7.05 Å². The number of nitrogens with zero attached hydrogens (tertiary/aromatic N) is 1. The summed E-state index contributed by atoms with van der Waals surface area (Å²) in [6.45, 7) is 6.71. The number of benzene rings is 2. The lowest BCUT2D eigenvalue weighted by atomic mass is 9.89. The maximum Gasteiger partial charge on any atom is 0.220 e. The van der Waals surface area contributed by atoms with Crippen molar-refractivity contribution in [2.45, 2.75) is 52.4 Å². The lowest BCUT2D eigenvalue weighted by Gasteiger charge is -2.16. The first-order valence-corrected chi connectivity index (χ1v) is 9.55. The predicted octanol–water partition coefficient (Wildman–Crippen LogP) is 5.91. The molecule has 1 aliphatic rings. The molecule has 0 saturated heterocycles. The van der Waals surface area contributed by atoms with E-state index in [4.69, 9.17) is 0 Å². The molecule has 1 nitrogen and oxygen atoms in total. The number of hydrogen-bond acceptors (Lipinski definition) is 0. The Morgan fingerprint density at radius 1 is 0.920 bits per heavy atom. The van der Waals surface area contributed by atoms with Gasteiger partial charge >= 0.3 is 0 Å². The van der Waals surface area contributed by atoms with Gasteiger partial charge in [0.2, 0.25) is 5.69 Å². The van der Waals surface area contributed by atoms with Crippen LogP contribution in [0.3, 0.4) is 0 Å². The summed E-state index contributed by atoms with van der Waals surface area (Å²) in [5.74, 6) is 0.751. The van der Waals surface area contributed by atoms with Crippen LogP contribution in [0.15, 0.2) is 42.6 Å². The van der Waals surface area contributed by atoms with E-state index < -0.39 is 0 Å². The predicted molar refractivity (Wildman–Crippen MR) is 106 cm³/mol. The Kier molecular flexibility index (Phi) is 4.11. The summed E-state index contributed by atoms with van der Waals surface area (Å²) in [6.07, 6.45) is 7.67. The molecule has 2 aromatic carbocycles. The minimum Gasteiger partial charge on any atom is -0.200 e. The number of fused-ring (bicyclic) bond motifs is 1. The highest BCUT2D eigenvalue weighted by atomic mass is 14.9. The molecule has 1 heterocycles. The van der Waals surface area contributed by atoms with Crippen LogP contribution in [-0.2, 0) is 7.05 Å². The van der Waals surface area contributed by atoms with Crippen LogP contribution < -0.4 is 4.57 Å². The van der Waals surface area contributed by atoms with Crippen molar-refractivity contribution >= 4 is 10.8 Å². The van der Waals surface area contributed by atoms with Crippen LogP contribution in [0.4, 0.5) is 0 Å². The molecule has 0 N–H and O–H groups in total. The first-order valence-electron chi connectivity index (χ1n) is 9.55. The zero-order valence-electron chi connectivity index (χ0n) is 15.9. The lowest BCUT2D eigenvalue weighted by Crippen LogP contribution is -2.31. The standard InChI is InChI=1S/C24H28N/c1-16-9-10-22-20(13-16)11-12-25(4)24(22)23-15-21(14-17(2)18(23)3)19-7-5-6-8-19/h9-15,19H,5-8H2,1-4H3/q+1. The molecule has 25 heavy (non-hydrogen) atoms. The van der Waals surface area contributed by atoms with Crippen LogP contribution in [-0.4, -0.2) is 0 Å². The highest BCUT2D eigenvalue weighted by Gasteiger charge is 2.23. The van der Waals surface area contributed by atoms with Crippen LogP contribution in [0, 0.1) is 20.8 Å². The van der Waals surface area contributed by atoms with Gasteiger partial charge in [-0.05, 0) is 73.7 Å². The molecule has 1 aliphatic carbocycles. The van der Waals surface area contributed by atoms with E-state index in [1.165, 1.54) is 64.4 Å². The van der Waals surface area contributed by atoms with Crippen LogP contribution in [0.25, 0.3) is 22.0 Å². The van der Waals surface area contributed by atoms with Crippen molar-refractivity contribution in [2.75, 3.05) is 0 Å². The summed E-state index contributed by atoms with van der Waals surface area (Å²) in [5, 5.41) is 2.68. The molecule has 0 spiro atoms. The number of aromatic nitrogens is 1. The van der Waals surface area contributed by atoms with Gasteiger partial charge in [0, 0.05) is 6.07 Å². The van der Waals surface area contributed by atoms with Gasteiger partial charge in [-0.3, -0.25) is 0 Å². The van der Waals surface area contributed by atoms with E-state index in [2.05, 4.69) is 75.0 Å². The van der Waals surface area contributed by atoms with Crippen molar-refractivity contribution in [1.82, 2.24) is 0 Å². The summed E-state index contributed by atoms with van der Waals surface area (Å²) in [4.78, 5) is 0. The second-order valence-corrected chi connectivity index (χ2v) is 7.86. The number of rotatable bonds is 2. The second kappa shape index (κ2) is 6.29. The zero-order chi connectivity index (χ0) is 17.6. The Hall–Kier alpha value is -2.15. The number of hydrogen-bond donors (Lipinski definition) is 0. The Morgan fingerprint density at radius 2 is 1.68 bits per heavy atom. The van der Waals surface area contributed by atoms with Crippen molar-refractivity contribution in [2.24, 2.45) is 7.05 Å². The maximum absolute atomic E-state index is 2.48. The second-order valence-electron chi connectivity index (χ2n) is 7.86. The average molecular weight is 330 g/mol. The van der Waals surface area contributed by atoms with E-state index in [1.807, 2.05) is 0 Å². The van der Waals surface area contributed by atoms with Crippen molar-refractivity contribution in [3.63, 3.8) is 0 Å². The largest absolute Gasteiger partial charge is 0.220 e. The first-order chi connectivity index (χ1) is 12.0. The third-order valence-corrected chi connectivity index (χ3v) is 6.06. The summed E-state index contributed by atoms with van der Waals surface area (Å²) >= 11 is 0. The summed E-state index contributed by atoms with van der Waals surface area (Å²) in [5.41, 5.74) is 8.44. The summed E-state index contributed by atoms with van der Waals surface area (Å²) in [7, 11) is 2.17. The lowest BCUT2D eigenvalue weighted by molar-refractivity contribution is -0.659. The fraction of sp³-hybridized carbons (Fsp3) is 0.375. The van der Waals surface area contributed by atoms with Gasteiger partial charge in [-0.25, -0.2) is 4.57 Å². The highest BCUT2D eigenvalue weighted by molar-refractivity contribution is 5.94. The Morgan fingerprint density at radius 3 is 2.44 bits per heavy atom. The number of aryl methyl sites for hydroxylation is 3. The molecular formula is C24H28N+. The third-order valence-electron chi connectivity index (χ3n) is 6.06. The smallest absolute Gasteiger partial charge is 0.200 e. The van der Waals surface area contributed by atoms with Crippen LogP contribution in [0.5, 0.6) is 0 Å². The van der Waals surface area contributed by atoms with E-state index in [0.29, 0.717) is 0 Å². The number of pyridine rings is 1. The van der Waals surface area contributed by atoms with Crippen LogP contribution in [0.2, 0.25) is 0 Å². The Labute approximate surface area is 151 Å². The quantitative estimate of drug-likeness (QED) is 0.514. The van der Waals surface area contributed by atoms with E-state index in [-0.39, 0.29) is 0 Å². The van der Waals surface area contributed by atoms with Gasteiger partial charge in [0.05, 0.1) is 10.9 Å². The van der Waals surface area contributed by atoms with Crippen molar-refractivity contribution < 1.29 is 4.57 Å². The van der Waals surface area contributed by atoms with Crippen molar-refractivity contribution in [3.05, 3.63) is 64.8 Å². The molecule has 1 aromatic heterocycles. The first kappa shape index (κ1) is 16.3. The van der Waals surface area contributed by atoms with Gasteiger partial charge in [0.25, 0.3) is 0 Å². The van der Waals surface area contributed by atoms with E-state index >= 15 is 0 Å². The SMILES string of the molecule is Cc1ccc2c(-c3cc(C4CCCC4)cc(C)c3C)[n+](C)ccc2c1. The van der Waals surface area contributed by atoms with Crippen LogP contribution >= 0.6 is 0 Å². The molecule has 3 aromatic rings. The molecule has 1 heteroatoms. The molecule has 0 radical (unpaired) electrons. The normalized spacial score (nSPS) is 15.2. The Balaban J connectivity index is 1.98. The van der Waals surface area contributed by atoms with Gasteiger partial charge < -0.3 is 0 Å². The molecule has 0 atom stereocenters. The fourth-order valence-corrected chi connectivity index (χ4v) is 4.46. The van der Waals surface area contributed by atoms with Crippen molar-refractivity contribution in [1.29, 1.82) is 0 Å². The van der Waals surface area contributed by atoms with E-state index in [9.17, 15) is 0 Å². The molecular weight excluding hydrogens is 302 g/mol. The molecule has 4 rings (SSSR count). The molecule has 1 saturated carbocycles. The molecule has 128 valence electrons. The van der Waals surface area contributed by atoms with Gasteiger partial charge in [-0.1, -0.05) is 36.6 Å².